The fourth-order valence-electron chi connectivity index (χ4n) is 2.02. The first-order valence-electron chi connectivity index (χ1n) is 7.32. The second kappa shape index (κ2) is 6.53. The van der Waals surface area contributed by atoms with Crippen molar-refractivity contribution in [3.63, 3.8) is 0 Å². The molecule has 0 aliphatic carbocycles. The van der Waals surface area contributed by atoms with E-state index in [-0.39, 0.29) is 5.75 Å². The molecule has 0 atom stereocenters. The first-order valence-corrected chi connectivity index (χ1v) is 7.32. The van der Waals surface area contributed by atoms with Gasteiger partial charge in [-0.15, -0.1) is 5.11 Å². The predicted molar refractivity (Wildman–Crippen MR) is 86.9 cm³/mol. The maximum absolute atomic E-state index is 9.86. The summed E-state index contributed by atoms with van der Waals surface area (Å²) in [5.41, 5.74) is 3.71. The summed E-state index contributed by atoms with van der Waals surface area (Å²) in [6, 6.07) is 13.5. The van der Waals surface area contributed by atoms with Crippen LogP contribution in [0.5, 0.6) is 5.75 Å². The van der Waals surface area contributed by atoms with Crippen LogP contribution in [0.1, 0.15) is 50.7 Å². The molecule has 2 rings (SSSR count). The fourth-order valence-corrected chi connectivity index (χ4v) is 2.02. The number of azo groups is 1. The molecule has 0 heterocycles. The molecule has 0 aliphatic rings. The van der Waals surface area contributed by atoms with E-state index in [2.05, 4.69) is 50.1 Å². The Morgan fingerprint density at radius 1 is 0.762 bits per heavy atom. The van der Waals surface area contributed by atoms with E-state index in [4.69, 9.17) is 0 Å². The zero-order chi connectivity index (χ0) is 15.4. The molecule has 0 aliphatic heterocycles. The van der Waals surface area contributed by atoms with Gasteiger partial charge in [0.25, 0.3) is 0 Å². The Morgan fingerprint density at radius 2 is 1.33 bits per heavy atom. The highest BCUT2D eigenvalue weighted by atomic mass is 16.3. The van der Waals surface area contributed by atoms with Crippen molar-refractivity contribution in [2.45, 2.75) is 39.5 Å². The number of benzene rings is 2. The highest BCUT2D eigenvalue weighted by Crippen LogP contribution is 2.31. The molecule has 0 saturated carbocycles. The fraction of sp³-hybridized carbons (Fsp3) is 0.333. The van der Waals surface area contributed by atoms with Crippen LogP contribution in [0.15, 0.2) is 52.7 Å². The molecule has 0 spiro atoms. The number of phenols is 1. The van der Waals surface area contributed by atoms with Crippen molar-refractivity contribution < 1.29 is 5.11 Å². The average molecular weight is 282 g/mol. The van der Waals surface area contributed by atoms with Crippen molar-refractivity contribution in [2.75, 3.05) is 0 Å². The number of nitrogens with zero attached hydrogens (tertiary/aromatic N) is 2. The molecular weight excluding hydrogens is 260 g/mol. The van der Waals surface area contributed by atoms with Gasteiger partial charge in [0, 0.05) is 0 Å². The molecule has 3 heteroatoms. The SMILES string of the molecule is CC(C)c1ccc(N=Nc2cc(C(C)C)ccc2O)cc1. The number of rotatable bonds is 4. The van der Waals surface area contributed by atoms with Gasteiger partial charge in [-0.1, -0.05) is 45.9 Å². The molecule has 1 N–H and O–H groups in total. The van der Waals surface area contributed by atoms with Crippen LogP contribution in [0.25, 0.3) is 0 Å². The van der Waals surface area contributed by atoms with Crippen molar-refractivity contribution in [3.8, 4) is 5.75 Å². The maximum Gasteiger partial charge on any atom is 0.143 e. The van der Waals surface area contributed by atoms with Crippen molar-refractivity contribution in [3.05, 3.63) is 53.6 Å². The number of aromatic hydroxyl groups is 1. The third-order valence-electron chi connectivity index (χ3n) is 3.50. The second-order valence-corrected chi connectivity index (χ2v) is 5.85. The van der Waals surface area contributed by atoms with Crippen LogP contribution in [0, 0.1) is 0 Å². The Bertz CT molecular complexity index is 628. The van der Waals surface area contributed by atoms with Crippen LogP contribution in [0.4, 0.5) is 11.4 Å². The van der Waals surface area contributed by atoms with Gasteiger partial charge in [-0.25, -0.2) is 0 Å². The zero-order valence-corrected chi connectivity index (χ0v) is 13.0. The van der Waals surface area contributed by atoms with E-state index >= 15 is 0 Å². The van der Waals surface area contributed by atoms with E-state index in [1.54, 1.807) is 6.07 Å². The minimum Gasteiger partial charge on any atom is -0.506 e. The molecule has 3 nitrogen and oxygen atoms in total. The van der Waals surface area contributed by atoms with Gasteiger partial charge in [0.05, 0.1) is 5.69 Å². The molecule has 0 fully saturated rings. The second-order valence-electron chi connectivity index (χ2n) is 5.85. The van der Waals surface area contributed by atoms with Gasteiger partial charge in [-0.2, -0.15) is 5.11 Å². The first-order chi connectivity index (χ1) is 9.97. The first kappa shape index (κ1) is 15.2. The lowest BCUT2D eigenvalue weighted by Gasteiger charge is -2.07. The van der Waals surface area contributed by atoms with Gasteiger partial charge < -0.3 is 5.11 Å². The Balaban J connectivity index is 2.22. The van der Waals surface area contributed by atoms with E-state index in [0.29, 0.717) is 17.5 Å². The number of hydrogen-bond acceptors (Lipinski definition) is 3. The molecular formula is C18H22N2O. The van der Waals surface area contributed by atoms with Crippen LogP contribution in [0.3, 0.4) is 0 Å². The van der Waals surface area contributed by atoms with Crippen molar-refractivity contribution in [2.24, 2.45) is 10.2 Å². The average Bonchev–Trinajstić information content (AvgIpc) is 2.46. The molecule has 2 aromatic carbocycles. The maximum atomic E-state index is 9.86. The molecule has 0 radical (unpaired) electrons. The van der Waals surface area contributed by atoms with Crippen LogP contribution in [0.2, 0.25) is 0 Å². The van der Waals surface area contributed by atoms with E-state index in [0.717, 1.165) is 11.3 Å². The van der Waals surface area contributed by atoms with Crippen molar-refractivity contribution in [1.82, 2.24) is 0 Å². The highest BCUT2D eigenvalue weighted by Gasteiger charge is 2.05. The molecule has 0 saturated heterocycles. The summed E-state index contributed by atoms with van der Waals surface area (Å²) in [5.74, 6) is 1.05. The Morgan fingerprint density at radius 3 is 1.90 bits per heavy atom. The third kappa shape index (κ3) is 3.91. The Labute approximate surface area is 126 Å². The molecule has 110 valence electrons. The Hall–Kier alpha value is -2.16. The number of hydrogen-bond donors (Lipinski definition) is 1. The summed E-state index contributed by atoms with van der Waals surface area (Å²) in [6.45, 7) is 8.54. The molecule has 21 heavy (non-hydrogen) atoms. The summed E-state index contributed by atoms with van der Waals surface area (Å²) in [6.07, 6.45) is 0. The summed E-state index contributed by atoms with van der Waals surface area (Å²) < 4.78 is 0. The topological polar surface area (TPSA) is 45.0 Å². The smallest absolute Gasteiger partial charge is 0.143 e. The standard InChI is InChI=1S/C18H22N2O/c1-12(2)14-5-8-16(9-6-14)19-20-17-11-15(13(3)4)7-10-18(17)21/h5-13,21H,1-4H3. The monoisotopic (exact) mass is 282 g/mol. The highest BCUT2D eigenvalue weighted by molar-refractivity contribution is 5.53. The van der Waals surface area contributed by atoms with E-state index < -0.39 is 0 Å². The van der Waals surface area contributed by atoms with Gasteiger partial charge >= 0.3 is 0 Å². The quantitative estimate of drug-likeness (QED) is 0.681. The van der Waals surface area contributed by atoms with Crippen LogP contribution >= 0.6 is 0 Å². The van der Waals surface area contributed by atoms with E-state index in [1.807, 2.05) is 24.3 Å². The summed E-state index contributed by atoms with van der Waals surface area (Å²) in [5, 5.41) is 18.2. The van der Waals surface area contributed by atoms with Gasteiger partial charge in [0.15, 0.2) is 0 Å². The van der Waals surface area contributed by atoms with Gasteiger partial charge in [0.2, 0.25) is 0 Å². The van der Waals surface area contributed by atoms with Gasteiger partial charge in [-0.05, 0) is 47.2 Å². The van der Waals surface area contributed by atoms with Crippen LogP contribution in [-0.2, 0) is 0 Å². The van der Waals surface area contributed by atoms with E-state index in [9.17, 15) is 5.11 Å². The van der Waals surface area contributed by atoms with E-state index in [1.165, 1.54) is 5.56 Å². The summed E-state index contributed by atoms with van der Waals surface area (Å²) in [7, 11) is 0. The van der Waals surface area contributed by atoms with Crippen LogP contribution < -0.4 is 0 Å². The Kier molecular flexibility index (Phi) is 4.73. The van der Waals surface area contributed by atoms with Gasteiger partial charge in [-0.3, -0.25) is 0 Å². The molecule has 2 aromatic rings. The zero-order valence-electron chi connectivity index (χ0n) is 13.0. The minimum atomic E-state index is 0.155. The van der Waals surface area contributed by atoms with Crippen molar-refractivity contribution >= 4 is 11.4 Å². The minimum absolute atomic E-state index is 0.155. The molecule has 0 bridgehead atoms. The van der Waals surface area contributed by atoms with Crippen molar-refractivity contribution in [1.29, 1.82) is 0 Å². The normalized spacial score (nSPS) is 11.7. The predicted octanol–water partition coefficient (Wildman–Crippen LogP) is 6.05. The molecule has 0 unspecified atom stereocenters. The largest absolute Gasteiger partial charge is 0.506 e. The van der Waals surface area contributed by atoms with Gasteiger partial charge in [0.1, 0.15) is 11.4 Å². The lowest BCUT2D eigenvalue weighted by atomic mass is 10.0. The molecule has 0 aromatic heterocycles. The van der Waals surface area contributed by atoms with Crippen LogP contribution in [-0.4, -0.2) is 5.11 Å². The lowest BCUT2D eigenvalue weighted by molar-refractivity contribution is 0.476. The third-order valence-corrected chi connectivity index (χ3v) is 3.50. The molecule has 0 amide bonds. The summed E-state index contributed by atoms with van der Waals surface area (Å²) in [4.78, 5) is 0. The lowest BCUT2D eigenvalue weighted by Crippen LogP contribution is -1.85. The summed E-state index contributed by atoms with van der Waals surface area (Å²) >= 11 is 0. The number of phenolic OH excluding ortho intramolecular Hbond substituents is 1.